The molecule has 2 nitrogen and oxygen atoms in total. The molecule has 0 aliphatic heterocycles. The molecule has 0 unspecified atom stereocenters. The summed E-state index contributed by atoms with van der Waals surface area (Å²) in [6.45, 7) is 11.5. The van der Waals surface area contributed by atoms with E-state index in [9.17, 15) is 0 Å². The van der Waals surface area contributed by atoms with Crippen molar-refractivity contribution in [3.05, 3.63) is 174 Å². The molecule has 1 aromatic heterocycles. The average Bonchev–Trinajstić information content (AvgIpc) is 3.61. The van der Waals surface area contributed by atoms with Crippen molar-refractivity contribution in [1.82, 2.24) is 4.57 Å². The fourth-order valence-electron chi connectivity index (χ4n) is 9.00. The minimum Gasteiger partial charge on any atom is -0.356 e. The topological polar surface area (TPSA) is 17.0 Å². The molecule has 53 heavy (non-hydrogen) atoms. The fraction of sp³-hybridized carbons (Fsp3) is 0.137. The van der Waals surface area contributed by atoms with Crippen molar-refractivity contribution in [2.45, 2.75) is 45.4 Å². The number of anilines is 2. The van der Waals surface area contributed by atoms with Gasteiger partial charge in [0.05, 0.1) is 16.7 Å². The van der Waals surface area contributed by atoms with Crippen molar-refractivity contribution in [2.24, 2.45) is 0 Å². The highest BCUT2D eigenvalue weighted by atomic mass is 15.0. The van der Waals surface area contributed by atoms with Crippen LogP contribution in [0.15, 0.2) is 158 Å². The van der Waals surface area contributed by atoms with Crippen LogP contribution in [0.2, 0.25) is 0 Å². The number of benzene rings is 8. The van der Waals surface area contributed by atoms with E-state index in [0.29, 0.717) is 0 Å². The molecule has 1 aliphatic rings. The maximum atomic E-state index is 3.62. The fourth-order valence-corrected chi connectivity index (χ4v) is 9.00. The SMILES string of the molecule is CC(C)(C)c1ccc(Nc2ccc(-c3c4ccccc4c(-n4c5ccccc5c5cc6c(cc54)C(C)(C)c4ccccc4-6)c4ccccc34)cc2)cc1. The Kier molecular flexibility index (Phi) is 6.82. The molecular formula is C51H42N2. The molecule has 9 aromatic rings. The zero-order chi connectivity index (χ0) is 36.1. The smallest absolute Gasteiger partial charge is 0.0619 e. The highest BCUT2D eigenvalue weighted by Gasteiger charge is 2.36. The van der Waals surface area contributed by atoms with Gasteiger partial charge < -0.3 is 9.88 Å². The van der Waals surface area contributed by atoms with E-state index in [1.807, 2.05) is 0 Å². The van der Waals surface area contributed by atoms with Crippen LogP contribution >= 0.6 is 0 Å². The van der Waals surface area contributed by atoms with Gasteiger partial charge >= 0.3 is 0 Å². The highest BCUT2D eigenvalue weighted by molar-refractivity contribution is 6.21. The number of nitrogens with zero attached hydrogens (tertiary/aromatic N) is 1. The van der Waals surface area contributed by atoms with Gasteiger partial charge in [0, 0.05) is 38.3 Å². The number of nitrogens with one attached hydrogen (secondary N) is 1. The number of rotatable bonds is 4. The molecular weight excluding hydrogens is 641 g/mol. The molecule has 8 aromatic carbocycles. The van der Waals surface area contributed by atoms with Gasteiger partial charge in [0.1, 0.15) is 0 Å². The van der Waals surface area contributed by atoms with Crippen LogP contribution in [0.3, 0.4) is 0 Å². The molecule has 0 amide bonds. The Balaban J connectivity index is 1.18. The van der Waals surface area contributed by atoms with Crippen molar-refractivity contribution >= 4 is 54.7 Å². The first-order valence-corrected chi connectivity index (χ1v) is 18.8. The monoisotopic (exact) mass is 682 g/mol. The van der Waals surface area contributed by atoms with Gasteiger partial charge in [-0.2, -0.15) is 0 Å². The van der Waals surface area contributed by atoms with Gasteiger partial charge in [-0.3, -0.25) is 0 Å². The Morgan fingerprint density at radius 1 is 0.472 bits per heavy atom. The number of fused-ring (bicyclic) bond motifs is 8. The molecule has 0 saturated heterocycles. The minimum absolute atomic E-state index is 0.0910. The van der Waals surface area contributed by atoms with Gasteiger partial charge in [-0.15, -0.1) is 0 Å². The molecule has 0 radical (unpaired) electrons. The van der Waals surface area contributed by atoms with Crippen LogP contribution in [0.4, 0.5) is 11.4 Å². The standard InChI is InChI=1S/C51H42N2/c1-50(2,3)33-24-28-35(29-25-33)52-34-26-22-32(23-27-34)48-38-16-6-8-18-40(38)49(41-19-9-7-17-39(41)48)53-46-21-13-11-15-37(46)43-30-42-36-14-10-12-20-44(36)51(4,5)45(42)31-47(43)53/h6-31,52H,1-5H3. The molecule has 0 atom stereocenters. The molecule has 0 bridgehead atoms. The van der Waals surface area contributed by atoms with Gasteiger partial charge in [0.15, 0.2) is 0 Å². The third kappa shape index (κ3) is 4.78. The maximum Gasteiger partial charge on any atom is 0.0619 e. The summed E-state index contributed by atoms with van der Waals surface area (Å²) >= 11 is 0. The quantitative estimate of drug-likeness (QED) is 0.183. The summed E-state index contributed by atoms with van der Waals surface area (Å²) in [5.74, 6) is 0. The van der Waals surface area contributed by atoms with Crippen LogP contribution in [-0.4, -0.2) is 4.57 Å². The van der Waals surface area contributed by atoms with E-state index in [4.69, 9.17) is 0 Å². The Morgan fingerprint density at radius 2 is 1.02 bits per heavy atom. The number of para-hydroxylation sites is 1. The van der Waals surface area contributed by atoms with E-state index >= 15 is 0 Å². The van der Waals surface area contributed by atoms with Gasteiger partial charge in [-0.25, -0.2) is 0 Å². The highest BCUT2D eigenvalue weighted by Crippen LogP contribution is 2.52. The van der Waals surface area contributed by atoms with Crippen LogP contribution < -0.4 is 5.32 Å². The summed E-state index contributed by atoms with van der Waals surface area (Å²) in [4.78, 5) is 0. The summed E-state index contributed by atoms with van der Waals surface area (Å²) in [6.07, 6.45) is 0. The molecule has 1 heterocycles. The summed E-state index contributed by atoms with van der Waals surface area (Å²) in [6, 6.07) is 58.5. The first-order valence-electron chi connectivity index (χ1n) is 18.8. The zero-order valence-electron chi connectivity index (χ0n) is 31.0. The molecule has 0 saturated carbocycles. The zero-order valence-corrected chi connectivity index (χ0v) is 31.0. The Bertz CT molecular complexity index is 2840. The van der Waals surface area contributed by atoms with Gasteiger partial charge in [-0.05, 0) is 97.6 Å². The number of aromatic nitrogens is 1. The van der Waals surface area contributed by atoms with Crippen molar-refractivity contribution in [3.63, 3.8) is 0 Å². The second kappa shape index (κ2) is 11.4. The summed E-state index contributed by atoms with van der Waals surface area (Å²) in [5.41, 5.74) is 15.2. The minimum atomic E-state index is -0.0910. The molecule has 256 valence electrons. The van der Waals surface area contributed by atoms with Crippen molar-refractivity contribution < 1.29 is 0 Å². The second-order valence-electron chi connectivity index (χ2n) is 16.3. The molecule has 1 aliphatic carbocycles. The van der Waals surface area contributed by atoms with E-state index < -0.39 is 0 Å². The van der Waals surface area contributed by atoms with Gasteiger partial charge in [0.25, 0.3) is 0 Å². The van der Waals surface area contributed by atoms with Crippen LogP contribution in [0.5, 0.6) is 0 Å². The Morgan fingerprint density at radius 3 is 1.66 bits per heavy atom. The second-order valence-corrected chi connectivity index (χ2v) is 16.3. The molecule has 1 N–H and O–H groups in total. The van der Waals surface area contributed by atoms with Crippen LogP contribution in [0.25, 0.3) is 71.3 Å². The molecule has 0 spiro atoms. The first-order chi connectivity index (χ1) is 25.7. The Labute approximate surface area is 311 Å². The summed E-state index contributed by atoms with van der Waals surface area (Å²) in [5, 5.41) is 11.2. The van der Waals surface area contributed by atoms with Crippen molar-refractivity contribution in [3.8, 4) is 27.9 Å². The molecule has 10 rings (SSSR count). The van der Waals surface area contributed by atoms with E-state index in [1.165, 1.54) is 88.0 Å². The molecule has 0 fully saturated rings. The summed E-state index contributed by atoms with van der Waals surface area (Å²) < 4.78 is 2.55. The van der Waals surface area contributed by atoms with E-state index in [2.05, 4.69) is 202 Å². The van der Waals surface area contributed by atoms with Crippen molar-refractivity contribution in [2.75, 3.05) is 5.32 Å². The summed E-state index contributed by atoms with van der Waals surface area (Å²) in [7, 11) is 0. The lowest BCUT2D eigenvalue weighted by Gasteiger charge is -2.22. The van der Waals surface area contributed by atoms with Gasteiger partial charge in [-0.1, -0.05) is 150 Å². The van der Waals surface area contributed by atoms with Crippen LogP contribution in [0, 0.1) is 0 Å². The lowest BCUT2D eigenvalue weighted by atomic mass is 9.82. The Hall–Kier alpha value is -6.12. The van der Waals surface area contributed by atoms with Crippen LogP contribution in [0.1, 0.15) is 51.3 Å². The predicted molar refractivity (Wildman–Crippen MR) is 227 cm³/mol. The number of hydrogen-bond donors (Lipinski definition) is 1. The predicted octanol–water partition coefficient (Wildman–Crippen LogP) is 14.1. The first kappa shape index (κ1) is 31.6. The van der Waals surface area contributed by atoms with E-state index in [-0.39, 0.29) is 10.8 Å². The largest absolute Gasteiger partial charge is 0.356 e. The number of hydrogen-bond acceptors (Lipinski definition) is 1. The average molecular weight is 683 g/mol. The maximum absolute atomic E-state index is 3.62. The van der Waals surface area contributed by atoms with Gasteiger partial charge in [0.2, 0.25) is 0 Å². The third-order valence-corrected chi connectivity index (χ3v) is 11.7. The lowest BCUT2D eigenvalue weighted by Crippen LogP contribution is -2.15. The van der Waals surface area contributed by atoms with Crippen molar-refractivity contribution in [1.29, 1.82) is 0 Å². The van der Waals surface area contributed by atoms with E-state index in [0.717, 1.165) is 11.4 Å². The lowest BCUT2D eigenvalue weighted by molar-refractivity contribution is 0.590. The normalized spacial score (nSPS) is 13.5. The molecule has 2 heteroatoms. The van der Waals surface area contributed by atoms with Crippen LogP contribution in [-0.2, 0) is 10.8 Å². The van der Waals surface area contributed by atoms with E-state index in [1.54, 1.807) is 0 Å². The third-order valence-electron chi connectivity index (χ3n) is 11.7.